The zero-order valence-electron chi connectivity index (χ0n) is 15.1. The van der Waals surface area contributed by atoms with Crippen molar-refractivity contribution < 1.29 is 26.7 Å². The minimum absolute atomic E-state index is 0.301. The number of benzene rings is 2. The van der Waals surface area contributed by atoms with E-state index >= 15 is 0 Å². The van der Waals surface area contributed by atoms with E-state index in [9.17, 15) is 22.0 Å². The molecule has 0 aliphatic carbocycles. The van der Waals surface area contributed by atoms with Gasteiger partial charge < -0.3 is 4.74 Å². The van der Waals surface area contributed by atoms with Gasteiger partial charge >= 0.3 is 6.36 Å². The van der Waals surface area contributed by atoms with Crippen molar-refractivity contribution in [2.75, 3.05) is 0 Å². The van der Waals surface area contributed by atoms with E-state index in [1.807, 2.05) is 6.92 Å². The molecule has 28 heavy (non-hydrogen) atoms. The van der Waals surface area contributed by atoms with Gasteiger partial charge in [-0.1, -0.05) is 19.8 Å². The summed E-state index contributed by atoms with van der Waals surface area (Å²) in [6.07, 6.45) is 0.905. The van der Waals surface area contributed by atoms with E-state index in [0.717, 1.165) is 37.6 Å². The molecule has 0 amide bonds. The third-order valence-corrected chi connectivity index (χ3v) is 3.78. The van der Waals surface area contributed by atoms with E-state index in [1.54, 1.807) is 0 Å². The molecule has 150 valence electrons. The molecule has 0 radical (unpaired) electrons. The molecule has 0 aliphatic rings. The van der Waals surface area contributed by atoms with Crippen LogP contribution in [-0.4, -0.2) is 18.8 Å². The summed E-state index contributed by atoms with van der Waals surface area (Å²) in [5.74, 6) is -1.81. The predicted molar refractivity (Wildman–Crippen MR) is 97.9 cm³/mol. The summed E-state index contributed by atoms with van der Waals surface area (Å²) >= 11 is 0. The fourth-order valence-corrected chi connectivity index (χ4v) is 2.43. The van der Waals surface area contributed by atoms with E-state index in [4.69, 9.17) is 0 Å². The van der Waals surface area contributed by atoms with Crippen LogP contribution in [0.1, 0.15) is 42.9 Å². The van der Waals surface area contributed by atoms with Crippen LogP contribution in [0.4, 0.5) is 22.0 Å². The normalized spacial score (nSPS) is 12.2. The molecule has 0 aromatic heterocycles. The number of nitrogens with zero attached hydrogens (tertiary/aromatic N) is 2. The molecule has 0 N–H and O–H groups in total. The van der Waals surface area contributed by atoms with E-state index < -0.39 is 18.0 Å². The zero-order chi connectivity index (χ0) is 20.6. The van der Waals surface area contributed by atoms with Gasteiger partial charge in [-0.2, -0.15) is 10.2 Å². The maximum Gasteiger partial charge on any atom is 0.573 e. The number of unbranched alkanes of at least 4 members (excludes halogenated alkanes) is 2. The van der Waals surface area contributed by atoms with Crippen molar-refractivity contribution >= 4 is 12.4 Å². The first-order valence-corrected chi connectivity index (χ1v) is 8.68. The Morgan fingerprint density at radius 3 is 2.11 bits per heavy atom. The highest BCUT2D eigenvalue weighted by atomic mass is 19.4. The Balaban J connectivity index is 2.00. The van der Waals surface area contributed by atoms with Gasteiger partial charge in [0.25, 0.3) is 0 Å². The van der Waals surface area contributed by atoms with Gasteiger partial charge in [-0.05, 0) is 60.4 Å². The van der Waals surface area contributed by atoms with Crippen LogP contribution in [0.3, 0.4) is 0 Å². The van der Waals surface area contributed by atoms with Crippen molar-refractivity contribution in [2.24, 2.45) is 10.2 Å². The summed E-state index contributed by atoms with van der Waals surface area (Å²) < 4.78 is 68.1. The quantitative estimate of drug-likeness (QED) is 0.231. The second-order valence-electron chi connectivity index (χ2n) is 6.04. The van der Waals surface area contributed by atoms with Crippen LogP contribution in [0.15, 0.2) is 46.6 Å². The van der Waals surface area contributed by atoms with Gasteiger partial charge in [-0.15, -0.1) is 13.2 Å². The highest BCUT2D eigenvalue weighted by Crippen LogP contribution is 2.22. The lowest BCUT2D eigenvalue weighted by Gasteiger charge is -2.08. The second kappa shape index (κ2) is 9.96. The molecule has 0 spiro atoms. The van der Waals surface area contributed by atoms with Crippen molar-refractivity contribution in [3.8, 4) is 5.75 Å². The smallest absolute Gasteiger partial charge is 0.406 e. The molecule has 0 unspecified atom stereocenters. The van der Waals surface area contributed by atoms with Gasteiger partial charge in [-0.3, -0.25) is 0 Å². The Hall–Kier alpha value is -2.77. The summed E-state index contributed by atoms with van der Waals surface area (Å²) in [5, 5.41) is 7.25. The molecule has 2 aromatic carbocycles. The first kappa shape index (κ1) is 21.5. The fourth-order valence-electron chi connectivity index (χ4n) is 2.43. The average molecular weight is 398 g/mol. The van der Waals surface area contributed by atoms with Crippen molar-refractivity contribution in [3.05, 3.63) is 64.7 Å². The third-order valence-electron chi connectivity index (χ3n) is 3.78. The standard InChI is InChI=1S/C20H19F5N2O/c1-2-3-4-5-15-10-18(21)17(19(22)11-15)13-27-26-12-14-6-8-16(9-7-14)28-20(23,24)25/h6-13H,2-5H2,1H3/b26-12-,27-13+. The monoisotopic (exact) mass is 398 g/mol. The minimum Gasteiger partial charge on any atom is -0.406 e. The van der Waals surface area contributed by atoms with Gasteiger partial charge in [0, 0.05) is 0 Å². The average Bonchev–Trinajstić information content (AvgIpc) is 2.61. The summed E-state index contributed by atoms with van der Waals surface area (Å²) in [7, 11) is 0. The van der Waals surface area contributed by atoms with Crippen molar-refractivity contribution in [3.63, 3.8) is 0 Å². The first-order valence-electron chi connectivity index (χ1n) is 8.68. The number of alkyl halides is 3. The maximum absolute atomic E-state index is 14.1. The molecule has 0 heterocycles. The van der Waals surface area contributed by atoms with E-state index in [2.05, 4.69) is 14.9 Å². The van der Waals surface area contributed by atoms with Crippen LogP contribution < -0.4 is 4.74 Å². The lowest BCUT2D eigenvalue weighted by Crippen LogP contribution is -2.16. The van der Waals surface area contributed by atoms with Gasteiger partial charge in [0.05, 0.1) is 18.0 Å². The zero-order valence-corrected chi connectivity index (χ0v) is 15.1. The van der Waals surface area contributed by atoms with Crippen LogP contribution in [0.25, 0.3) is 0 Å². The van der Waals surface area contributed by atoms with Crippen molar-refractivity contribution in [1.82, 2.24) is 0 Å². The lowest BCUT2D eigenvalue weighted by molar-refractivity contribution is -0.274. The number of halogens is 5. The number of ether oxygens (including phenoxy) is 1. The minimum atomic E-state index is -4.76. The fraction of sp³-hybridized carbons (Fsp3) is 0.300. The molecule has 2 aromatic rings. The van der Waals surface area contributed by atoms with Crippen LogP contribution in [0.2, 0.25) is 0 Å². The van der Waals surface area contributed by atoms with Crippen LogP contribution >= 0.6 is 0 Å². The van der Waals surface area contributed by atoms with Gasteiger partial charge in [-0.25, -0.2) is 8.78 Å². The Morgan fingerprint density at radius 2 is 1.54 bits per heavy atom. The van der Waals surface area contributed by atoms with Gasteiger partial charge in [0.2, 0.25) is 0 Å². The molecule has 0 aliphatic heterocycles. The molecule has 8 heteroatoms. The molecule has 0 fully saturated rings. The Labute approximate surface area is 159 Å². The Bertz CT molecular complexity index is 806. The molecular formula is C20H19F5N2O. The number of hydrogen-bond acceptors (Lipinski definition) is 3. The van der Waals surface area contributed by atoms with E-state index in [1.165, 1.54) is 30.5 Å². The summed E-state index contributed by atoms with van der Waals surface area (Å²) in [5.41, 5.74) is 0.731. The Morgan fingerprint density at radius 1 is 0.929 bits per heavy atom. The molecule has 3 nitrogen and oxygen atoms in total. The van der Waals surface area contributed by atoms with E-state index in [-0.39, 0.29) is 11.3 Å². The third kappa shape index (κ3) is 7.09. The lowest BCUT2D eigenvalue weighted by atomic mass is 10.0. The van der Waals surface area contributed by atoms with Gasteiger partial charge in [0.15, 0.2) is 0 Å². The molecule has 0 bridgehead atoms. The maximum atomic E-state index is 14.1. The van der Waals surface area contributed by atoms with Crippen LogP contribution in [0.5, 0.6) is 5.75 Å². The van der Waals surface area contributed by atoms with Crippen molar-refractivity contribution in [1.29, 1.82) is 0 Å². The second-order valence-corrected chi connectivity index (χ2v) is 6.04. The summed E-state index contributed by atoms with van der Waals surface area (Å²) in [6, 6.07) is 7.48. The summed E-state index contributed by atoms with van der Waals surface area (Å²) in [6.45, 7) is 2.05. The molecule has 0 atom stereocenters. The molecule has 0 saturated heterocycles. The topological polar surface area (TPSA) is 34.0 Å². The first-order chi connectivity index (χ1) is 13.3. The SMILES string of the molecule is CCCCCc1cc(F)c(/C=N/N=C\c2ccc(OC(F)(F)F)cc2)c(F)c1. The van der Waals surface area contributed by atoms with Crippen LogP contribution in [-0.2, 0) is 6.42 Å². The van der Waals surface area contributed by atoms with Crippen LogP contribution in [0, 0.1) is 11.6 Å². The van der Waals surface area contributed by atoms with Gasteiger partial charge in [0.1, 0.15) is 17.4 Å². The molecule has 0 saturated carbocycles. The molecular weight excluding hydrogens is 379 g/mol. The van der Waals surface area contributed by atoms with Crippen molar-refractivity contribution in [2.45, 2.75) is 39.0 Å². The predicted octanol–water partition coefficient (Wildman–Crippen LogP) is 6.05. The van der Waals surface area contributed by atoms with E-state index in [0.29, 0.717) is 17.5 Å². The highest BCUT2D eigenvalue weighted by Gasteiger charge is 2.30. The largest absolute Gasteiger partial charge is 0.573 e. The number of rotatable bonds is 8. The number of aryl methyl sites for hydroxylation is 1. The highest BCUT2D eigenvalue weighted by molar-refractivity contribution is 5.83. The molecule has 2 rings (SSSR count). The number of hydrogen-bond donors (Lipinski definition) is 0. The Kier molecular flexibility index (Phi) is 7.66. The summed E-state index contributed by atoms with van der Waals surface area (Å²) in [4.78, 5) is 0.